The Bertz CT molecular complexity index is 837. The monoisotopic (exact) mass is 429 g/mol. The molecule has 2 aromatic carbocycles. The van der Waals surface area contributed by atoms with Crippen molar-refractivity contribution >= 4 is 29.9 Å². The second-order valence-corrected chi connectivity index (χ2v) is 7.97. The van der Waals surface area contributed by atoms with Crippen molar-refractivity contribution < 1.29 is 9.59 Å². The lowest BCUT2D eigenvalue weighted by atomic mass is 9.93. The van der Waals surface area contributed by atoms with Crippen molar-refractivity contribution in [1.82, 2.24) is 4.90 Å². The molecule has 3 rings (SSSR count). The zero-order valence-corrected chi connectivity index (χ0v) is 18.5. The van der Waals surface area contributed by atoms with Crippen LogP contribution in [-0.2, 0) is 4.79 Å². The number of rotatable bonds is 6. The van der Waals surface area contributed by atoms with E-state index in [0.717, 1.165) is 31.2 Å². The van der Waals surface area contributed by atoms with Gasteiger partial charge in [0, 0.05) is 19.1 Å². The van der Waals surface area contributed by atoms with Crippen LogP contribution in [0.25, 0.3) is 0 Å². The maximum Gasteiger partial charge on any atom is 0.255 e. The first-order chi connectivity index (χ1) is 14.0. The quantitative estimate of drug-likeness (QED) is 0.693. The molecule has 162 valence electrons. The summed E-state index contributed by atoms with van der Waals surface area (Å²) in [5, 5.41) is 2.93. The summed E-state index contributed by atoms with van der Waals surface area (Å²) in [5.74, 6) is -0.675. The van der Waals surface area contributed by atoms with Gasteiger partial charge in [-0.15, -0.1) is 12.4 Å². The number of carbonyl (C=O) groups is 2. The van der Waals surface area contributed by atoms with Crippen LogP contribution in [0.2, 0.25) is 0 Å². The van der Waals surface area contributed by atoms with E-state index in [1.807, 2.05) is 61.3 Å². The fourth-order valence-electron chi connectivity index (χ4n) is 3.98. The predicted molar refractivity (Wildman–Crippen MR) is 124 cm³/mol. The van der Waals surface area contributed by atoms with E-state index in [0.29, 0.717) is 11.3 Å². The zero-order valence-electron chi connectivity index (χ0n) is 17.7. The summed E-state index contributed by atoms with van der Waals surface area (Å²) < 4.78 is 0. The van der Waals surface area contributed by atoms with Crippen molar-refractivity contribution in [2.45, 2.75) is 51.1 Å². The Morgan fingerprint density at radius 2 is 1.60 bits per heavy atom. The standard InChI is InChI=1S/C24H31N3O2.ClH/c1-17(22(25)18-11-5-3-6-12-18)23(28)26-21-16-10-9-15-20(21)24(29)27(2)19-13-7-4-8-14-19;/h3,5-6,9-12,15-17,19,22H,4,7-8,13-14,25H2,1-2H3,(H,26,28);1H. The molecular formula is C24H32ClN3O2. The molecule has 0 heterocycles. The van der Waals surface area contributed by atoms with Crippen LogP contribution in [0.3, 0.4) is 0 Å². The van der Waals surface area contributed by atoms with Gasteiger partial charge < -0.3 is 16.0 Å². The lowest BCUT2D eigenvalue weighted by Gasteiger charge is -2.31. The van der Waals surface area contributed by atoms with Crippen molar-refractivity contribution in [2.24, 2.45) is 11.7 Å². The number of benzene rings is 2. The number of amides is 2. The molecule has 30 heavy (non-hydrogen) atoms. The van der Waals surface area contributed by atoms with Crippen molar-refractivity contribution in [2.75, 3.05) is 12.4 Å². The van der Waals surface area contributed by atoms with Crippen LogP contribution < -0.4 is 11.1 Å². The summed E-state index contributed by atoms with van der Waals surface area (Å²) in [5.41, 5.74) is 8.28. The van der Waals surface area contributed by atoms with Gasteiger partial charge in [-0.1, -0.05) is 68.7 Å². The van der Waals surface area contributed by atoms with Crippen LogP contribution in [0.1, 0.15) is 61.0 Å². The van der Waals surface area contributed by atoms with E-state index in [-0.39, 0.29) is 30.3 Å². The zero-order chi connectivity index (χ0) is 20.8. The largest absolute Gasteiger partial charge is 0.339 e. The molecule has 1 aliphatic carbocycles. The maximum atomic E-state index is 13.1. The Morgan fingerprint density at radius 1 is 1.00 bits per heavy atom. The number of carbonyl (C=O) groups excluding carboxylic acids is 2. The minimum atomic E-state index is -0.434. The topological polar surface area (TPSA) is 75.4 Å². The average molecular weight is 430 g/mol. The van der Waals surface area contributed by atoms with Gasteiger partial charge in [0.15, 0.2) is 0 Å². The molecular weight excluding hydrogens is 398 g/mol. The maximum absolute atomic E-state index is 13.1. The molecule has 2 unspecified atom stereocenters. The van der Waals surface area contributed by atoms with Crippen LogP contribution in [-0.4, -0.2) is 29.8 Å². The Balaban J connectivity index is 0.00000320. The molecule has 0 aliphatic heterocycles. The summed E-state index contributed by atoms with van der Waals surface area (Å²) in [6.07, 6.45) is 5.65. The second kappa shape index (κ2) is 11.1. The van der Waals surface area contributed by atoms with Crippen LogP contribution >= 0.6 is 12.4 Å². The molecule has 0 radical (unpaired) electrons. The molecule has 1 aliphatic rings. The van der Waals surface area contributed by atoms with E-state index in [1.54, 1.807) is 12.1 Å². The summed E-state index contributed by atoms with van der Waals surface area (Å²) in [6, 6.07) is 16.7. The normalized spacial score (nSPS) is 16.1. The Labute approximate surface area is 185 Å². The third-order valence-electron chi connectivity index (χ3n) is 5.99. The summed E-state index contributed by atoms with van der Waals surface area (Å²) in [7, 11) is 1.87. The number of nitrogens with zero attached hydrogens (tertiary/aromatic N) is 1. The Hall–Kier alpha value is -2.37. The molecule has 1 saturated carbocycles. The van der Waals surface area contributed by atoms with Crippen LogP contribution in [0.4, 0.5) is 5.69 Å². The molecule has 2 aromatic rings. The van der Waals surface area contributed by atoms with Gasteiger partial charge in [-0.3, -0.25) is 9.59 Å². The SMILES string of the molecule is CC(C(=O)Nc1ccccc1C(=O)N(C)C1CCCCC1)C(N)c1ccccc1.Cl. The van der Waals surface area contributed by atoms with Crippen LogP contribution in [0.5, 0.6) is 0 Å². The highest BCUT2D eigenvalue weighted by atomic mass is 35.5. The molecule has 2 amide bonds. The molecule has 5 nitrogen and oxygen atoms in total. The third-order valence-corrected chi connectivity index (χ3v) is 5.99. The van der Waals surface area contributed by atoms with Crippen molar-refractivity contribution in [3.8, 4) is 0 Å². The van der Waals surface area contributed by atoms with Crippen molar-refractivity contribution in [3.05, 3.63) is 65.7 Å². The number of hydrogen-bond donors (Lipinski definition) is 2. The van der Waals surface area contributed by atoms with Crippen LogP contribution in [0, 0.1) is 5.92 Å². The smallest absolute Gasteiger partial charge is 0.255 e. The molecule has 3 N–H and O–H groups in total. The van der Waals surface area contributed by atoms with E-state index in [1.165, 1.54) is 6.42 Å². The number of hydrogen-bond acceptors (Lipinski definition) is 3. The number of nitrogens with one attached hydrogen (secondary N) is 1. The predicted octanol–water partition coefficient (Wildman–Crippen LogP) is 4.79. The molecule has 6 heteroatoms. The highest BCUT2D eigenvalue weighted by molar-refractivity contribution is 6.04. The molecule has 0 spiro atoms. The number of halogens is 1. The van der Waals surface area contributed by atoms with E-state index in [9.17, 15) is 9.59 Å². The fraction of sp³-hybridized carbons (Fsp3) is 0.417. The molecule has 0 bridgehead atoms. The first kappa shape index (κ1) is 23.9. The van der Waals surface area contributed by atoms with Gasteiger partial charge in [0.1, 0.15) is 0 Å². The fourth-order valence-corrected chi connectivity index (χ4v) is 3.98. The van der Waals surface area contributed by atoms with Gasteiger partial charge in [-0.05, 0) is 30.5 Å². The lowest BCUT2D eigenvalue weighted by molar-refractivity contribution is -0.120. The molecule has 1 fully saturated rings. The Morgan fingerprint density at radius 3 is 2.27 bits per heavy atom. The van der Waals surface area contributed by atoms with E-state index >= 15 is 0 Å². The minimum absolute atomic E-state index is 0. The van der Waals surface area contributed by atoms with Gasteiger partial charge in [-0.25, -0.2) is 0 Å². The van der Waals surface area contributed by atoms with Crippen molar-refractivity contribution in [3.63, 3.8) is 0 Å². The summed E-state index contributed by atoms with van der Waals surface area (Å²) in [6.45, 7) is 1.81. The van der Waals surface area contributed by atoms with Crippen LogP contribution in [0.15, 0.2) is 54.6 Å². The number of para-hydroxylation sites is 1. The van der Waals surface area contributed by atoms with Crippen molar-refractivity contribution in [1.29, 1.82) is 0 Å². The van der Waals surface area contributed by atoms with E-state index in [2.05, 4.69) is 5.32 Å². The van der Waals surface area contributed by atoms with E-state index in [4.69, 9.17) is 5.73 Å². The minimum Gasteiger partial charge on any atom is -0.339 e. The van der Waals surface area contributed by atoms with Gasteiger partial charge in [0.2, 0.25) is 5.91 Å². The Kier molecular flexibility index (Phi) is 8.88. The summed E-state index contributed by atoms with van der Waals surface area (Å²) >= 11 is 0. The average Bonchev–Trinajstić information content (AvgIpc) is 2.78. The highest BCUT2D eigenvalue weighted by Gasteiger charge is 2.26. The van der Waals surface area contributed by atoms with Gasteiger partial charge >= 0.3 is 0 Å². The third kappa shape index (κ3) is 5.61. The first-order valence-electron chi connectivity index (χ1n) is 10.5. The van der Waals surface area contributed by atoms with Gasteiger partial charge in [-0.2, -0.15) is 0 Å². The molecule has 0 aromatic heterocycles. The number of anilines is 1. The second-order valence-electron chi connectivity index (χ2n) is 7.97. The summed E-state index contributed by atoms with van der Waals surface area (Å²) in [4.78, 5) is 27.8. The molecule has 0 saturated heterocycles. The van der Waals surface area contributed by atoms with E-state index < -0.39 is 12.0 Å². The van der Waals surface area contributed by atoms with Gasteiger partial charge in [0.05, 0.1) is 17.2 Å². The lowest BCUT2D eigenvalue weighted by Crippen LogP contribution is -2.39. The highest BCUT2D eigenvalue weighted by Crippen LogP contribution is 2.26. The van der Waals surface area contributed by atoms with Gasteiger partial charge in [0.25, 0.3) is 5.91 Å². The number of nitrogens with two attached hydrogens (primary N) is 1. The molecule has 2 atom stereocenters. The first-order valence-corrected chi connectivity index (χ1v) is 10.5.